The van der Waals surface area contributed by atoms with Crippen molar-refractivity contribution in [2.45, 2.75) is 19.5 Å². The molecule has 0 aromatic heterocycles. The van der Waals surface area contributed by atoms with E-state index in [0.29, 0.717) is 6.54 Å². The van der Waals surface area contributed by atoms with Crippen LogP contribution in [0.1, 0.15) is 12.5 Å². The molecule has 144 valence electrons. The van der Waals surface area contributed by atoms with Gasteiger partial charge in [-0.25, -0.2) is 0 Å². The summed E-state index contributed by atoms with van der Waals surface area (Å²) in [4.78, 5) is 19.4. The highest BCUT2D eigenvalue weighted by Gasteiger charge is 2.27. The molecule has 1 heterocycles. The number of carbonyl (C=O) groups is 1. The Balaban J connectivity index is 1.54. The molecule has 0 N–H and O–H groups in total. The number of hydrogen-bond donors (Lipinski definition) is 0. The van der Waals surface area contributed by atoms with Crippen LogP contribution in [-0.4, -0.2) is 62.1 Å². The van der Waals surface area contributed by atoms with Gasteiger partial charge in [0.25, 0.3) is 0 Å². The monoisotopic (exact) mass is 367 g/mol. The van der Waals surface area contributed by atoms with Gasteiger partial charge in [-0.05, 0) is 43.8 Å². The summed E-state index contributed by atoms with van der Waals surface area (Å²) in [7, 11) is 3.67. The Kier molecular flexibility index (Phi) is 6.35. The highest BCUT2D eigenvalue weighted by Crippen LogP contribution is 2.18. The number of likely N-dealkylation sites (N-methyl/N-ethyl adjacent to an activating group) is 1. The molecule has 1 aliphatic heterocycles. The number of benzene rings is 2. The molecule has 5 nitrogen and oxygen atoms in total. The number of piperazine rings is 1. The van der Waals surface area contributed by atoms with Crippen LogP contribution in [0.2, 0.25) is 0 Å². The molecule has 0 aliphatic carbocycles. The molecule has 27 heavy (non-hydrogen) atoms. The van der Waals surface area contributed by atoms with Crippen LogP contribution in [0.3, 0.4) is 0 Å². The molecule has 1 unspecified atom stereocenters. The van der Waals surface area contributed by atoms with E-state index in [1.807, 2.05) is 43.1 Å². The Morgan fingerprint density at radius 3 is 2.44 bits per heavy atom. The lowest BCUT2D eigenvalue weighted by Gasteiger charge is -2.38. The maximum Gasteiger partial charge on any atom is 0.239 e. The van der Waals surface area contributed by atoms with Crippen LogP contribution in [-0.2, 0) is 11.3 Å². The van der Waals surface area contributed by atoms with E-state index < -0.39 is 0 Å². The van der Waals surface area contributed by atoms with Gasteiger partial charge in [-0.2, -0.15) is 0 Å². The molecule has 0 bridgehead atoms. The summed E-state index contributed by atoms with van der Waals surface area (Å²) in [5, 5.41) is 0. The standard InChI is InChI=1S/C22H29N3O2/c1-18(23(2)17-19-8-7-11-21(16-19)27-3)22(26)25-14-12-24(13-15-25)20-9-5-4-6-10-20/h4-11,16,18H,12-15,17H2,1-3H3. The maximum absolute atomic E-state index is 12.9. The number of methoxy groups -OCH3 is 1. The van der Waals surface area contributed by atoms with Crippen LogP contribution in [0, 0.1) is 0 Å². The fourth-order valence-corrected chi connectivity index (χ4v) is 3.47. The first-order chi connectivity index (χ1) is 13.1. The van der Waals surface area contributed by atoms with Gasteiger partial charge in [-0.1, -0.05) is 30.3 Å². The average molecular weight is 367 g/mol. The number of nitrogens with zero attached hydrogens (tertiary/aromatic N) is 3. The van der Waals surface area contributed by atoms with Gasteiger partial charge < -0.3 is 14.5 Å². The summed E-state index contributed by atoms with van der Waals surface area (Å²) in [6, 6.07) is 18.3. The zero-order valence-corrected chi connectivity index (χ0v) is 16.5. The molecular formula is C22H29N3O2. The number of anilines is 1. The second-order valence-corrected chi connectivity index (χ2v) is 7.09. The number of rotatable bonds is 6. The number of amides is 1. The first kappa shape index (κ1) is 19.2. The van der Waals surface area contributed by atoms with Crippen molar-refractivity contribution in [3.63, 3.8) is 0 Å². The molecule has 1 saturated heterocycles. The number of carbonyl (C=O) groups excluding carboxylic acids is 1. The largest absolute Gasteiger partial charge is 0.497 e. The molecule has 1 atom stereocenters. The summed E-state index contributed by atoms with van der Waals surface area (Å²) in [6.45, 7) is 6.00. The third-order valence-electron chi connectivity index (χ3n) is 5.30. The van der Waals surface area contributed by atoms with E-state index in [-0.39, 0.29) is 11.9 Å². The van der Waals surface area contributed by atoms with Crippen molar-refractivity contribution in [2.75, 3.05) is 45.2 Å². The van der Waals surface area contributed by atoms with Gasteiger partial charge in [-0.3, -0.25) is 9.69 Å². The van der Waals surface area contributed by atoms with Crippen LogP contribution in [0.5, 0.6) is 5.75 Å². The molecule has 2 aromatic carbocycles. The lowest BCUT2D eigenvalue weighted by atomic mass is 10.1. The SMILES string of the molecule is COc1cccc(CN(C)C(C)C(=O)N2CCN(c3ccccc3)CC2)c1. The molecule has 5 heteroatoms. The lowest BCUT2D eigenvalue weighted by molar-refractivity contribution is -0.136. The molecule has 0 radical (unpaired) electrons. The minimum atomic E-state index is -0.153. The Morgan fingerprint density at radius 1 is 1.07 bits per heavy atom. The van der Waals surface area contributed by atoms with Crippen molar-refractivity contribution in [1.29, 1.82) is 0 Å². The van der Waals surface area contributed by atoms with E-state index in [4.69, 9.17) is 4.74 Å². The summed E-state index contributed by atoms with van der Waals surface area (Å²) >= 11 is 0. The van der Waals surface area contributed by atoms with Crippen molar-refractivity contribution in [2.24, 2.45) is 0 Å². The van der Waals surface area contributed by atoms with E-state index >= 15 is 0 Å². The normalized spacial score (nSPS) is 15.7. The van der Waals surface area contributed by atoms with Crippen LogP contribution in [0.15, 0.2) is 54.6 Å². The van der Waals surface area contributed by atoms with E-state index in [9.17, 15) is 4.79 Å². The van der Waals surface area contributed by atoms with Crippen LogP contribution >= 0.6 is 0 Å². The van der Waals surface area contributed by atoms with Crippen LogP contribution < -0.4 is 9.64 Å². The fraction of sp³-hybridized carbons (Fsp3) is 0.409. The van der Waals surface area contributed by atoms with Gasteiger partial charge in [-0.15, -0.1) is 0 Å². The molecular weight excluding hydrogens is 338 g/mol. The summed E-state index contributed by atoms with van der Waals surface area (Å²) < 4.78 is 5.29. The van der Waals surface area contributed by atoms with Gasteiger partial charge in [0.05, 0.1) is 13.2 Å². The average Bonchev–Trinajstić information content (AvgIpc) is 2.73. The minimum Gasteiger partial charge on any atom is -0.497 e. The highest BCUT2D eigenvalue weighted by atomic mass is 16.5. The second-order valence-electron chi connectivity index (χ2n) is 7.09. The first-order valence-electron chi connectivity index (χ1n) is 9.50. The molecule has 3 rings (SSSR count). The van der Waals surface area contributed by atoms with Crippen molar-refractivity contribution < 1.29 is 9.53 Å². The molecule has 0 spiro atoms. The minimum absolute atomic E-state index is 0.153. The fourth-order valence-electron chi connectivity index (χ4n) is 3.47. The highest BCUT2D eigenvalue weighted by molar-refractivity contribution is 5.81. The second kappa shape index (κ2) is 8.91. The third kappa shape index (κ3) is 4.80. The smallest absolute Gasteiger partial charge is 0.239 e. The number of hydrogen-bond acceptors (Lipinski definition) is 4. The third-order valence-corrected chi connectivity index (χ3v) is 5.30. The molecule has 2 aromatic rings. The summed E-state index contributed by atoms with van der Waals surface area (Å²) in [5.74, 6) is 1.05. The van der Waals surface area contributed by atoms with Crippen molar-refractivity contribution >= 4 is 11.6 Å². The topological polar surface area (TPSA) is 36.0 Å². The maximum atomic E-state index is 12.9. The van der Waals surface area contributed by atoms with Crippen molar-refractivity contribution in [3.05, 3.63) is 60.2 Å². The van der Waals surface area contributed by atoms with E-state index in [1.165, 1.54) is 5.69 Å². The van der Waals surface area contributed by atoms with Gasteiger partial charge in [0.15, 0.2) is 0 Å². The molecule has 0 saturated carbocycles. The zero-order valence-electron chi connectivity index (χ0n) is 16.5. The number of para-hydroxylation sites is 1. The quantitative estimate of drug-likeness (QED) is 0.787. The molecule has 1 fully saturated rings. The zero-order chi connectivity index (χ0) is 19.2. The predicted octanol–water partition coefficient (Wildman–Crippen LogP) is 2.86. The van der Waals surface area contributed by atoms with E-state index in [0.717, 1.165) is 37.5 Å². The Morgan fingerprint density at radius 2 is 1.78 bits per heavy atom. The van der Waals surface area contributed by atoms with Gasteiger partial charge in [0, 0.05) is 38.4 Å². The van der Waals surface area contributed by atoms with Crippen LogP contribution in [0.4, 0.5) is 5.69 Å². The first-order valence-corrected chi connectivity index (χ1v) is 9.50. The van der Waals surface area contributed by atoms with Crippen molar-refractivity contribution in [1.82, 2.24) is 9.80 Å². The lowest BCUT2D eigenvalue weighted by Crippen LogP contribution is -2.53. The Bertz CT molecular complexity index is 742. The molecule has 1 aliphatic rings. The van der Waals surface area contributed by atoms with Gasteiger partial charge in [0.1, 0.15) is 5.75 Å². The van der Waals surface area contributed by atoms with Gasteiger partial charge in [0.2, 0.25) is 5.91 Å². The van der Waals surface area contributed by atoms with Gasteiger partial charge >= 0.3 is 0 Å². The predicted molar refractivity (Wildman–Crippen MR) is 109 cm³/mol. The summed E-state index contributed by atoms with van der Waals surface area (Å²) in [6.07, 6.45) is 0. The Hall–Kier alpha value is -2.53. The van der Waals surface area contributed by atoms with Crippen molar-refractivity contribution in [3.8, 4) is 5.75 Å². The van der Waals surface area contributed by atoms with E-state index in [1.54, 1.807) is 7.11 Å². The summed E-state index contributed by atoms with van der Waals surface area (Å²) in [5.41, 5.74) is 2.37. The van der Waals surface area contributed by atoms with E-state index in [2.05, 4.69) is 40.1 Å². The number of ether oxygens (including phenoxy) is 1. The van der Waals surface area contributed by atoms with Crippen LogP contribution in [0.25, 0.3) is 0 Å². The Labute approximate surface area is 162 Å². The molecule has 1 amide bonds.